The molecule has 3 nitrogen and oxygen atoms in total. The van der Waals surface area contributed by atoms with Gasteiger partial charge in [0.1, 0.15) is 11.6 Å². The Morgan fingerprint density at radius 2 is 2.14 bits per heavy atom. The zero-order valence-electron chi connectivity index (χ0n) is 3.60. The lowest BCUT2D eigenvalue weighted by atomic mass is 10.4. The molecule has 37 valence electrons. The molecule has 2 N–H and O–H groups in total. The topological polar surface area (TPSA) is 60.2 Å². The molecule has 0 aromatic rings. The molecule has 0 saturated carbocycles. The van der Waals surface area contributed by atoms with E-state index in [4.69, 9.17) is 5.73 Å². The van der Waals surface area contributed by atoms with Gasteiger partial charge in [-0.25, -0.2) is 4.79 Å². The predicted molar refractivity (Wildman–Crippen MR) is 23.7 cm³/mol. The molecule has 0 rings (SSSR count). The Bertz CT molecular complexity index is 113. The second kappa shape index (κ2) is 3.12. The second-order valence-corrected chi connectivity index (χ2v) is 0.948. The maximum absolute atomic E-state index is 9.43. The molecular formula is C4H4NO2. The summed E-state index contributed by atoms with van der Waals surface area (Å²) in [5.41, 5.74) is 4.71. The van der Waals surface area contributed by atoms with Crippen molar-refractivity contribution in [1.82, 2.24) is 0 Å². The maximum atomic E-state index is 9.43. The van der Waals surface area contributed by atoms with Crippen LogP contribution in [0.4, 0.5) is 0 Å². The minimum absolute atomic E-state index is 0.102. The van der Waals surface area contributed by atoms with Gasteiger partial charge in [0, 0.05) is 0 Å². The summed E-state index contributed by atoms with van der Waals surface area (Å²) in [6, 6.07) is 0. The standard InChI is InChI=1S/C4H4NO2/c5-4(3-7)1-2-6/h1,5H2. The number of hydrogen-bond donors (Lipinski definition) is 1. The van der Waals surface area contributed by atoms with Gasteiger partial charge in [0.05, 0.1) is 6.42 Å². The van der Waals surface area contributed by atoms with Crippen LogP contribution in [0.2, 0.25) is 0 Å². The summed E-state index contributed by atoms with van der Waals surface area (Å²) in [5, 5.41) is 0. The molecule has 7 heavy (non-hydrogen) atoms. The predicted octanol–water partition coefficient (Wildman–Crippen LogP) is -0.840. The van der Waals surface area contributed by atoms with Crippen LogP contribution in [-0.2, 0) is 9.59 Å². The largest absolute Gasteiger partial charge is 0.393 e. The molecule has 0 amide bonds. The van der Waals surface area contributed by atoms with Gasteiger partial charge in [0.25, 0.3) is 0 Å². The van der Waals surface area contributed by atoms with Crippen molar-refractivity contribution in [3.63, 3.8) is 0 Å². The molecule has 0 aliphatic rings. The van der Waals surface area contributed by atoms with Crippen molar-refractivity contribution in [2.45, 2.75) is 6.42 Å². The molecule has 0 unspecified atom stereocenters. The van der Waals surface area contributed by atoms with Crippen LogP contribution < -0.4 is 5.73 Å². The van der Waals surface area contributed by atoms with Crippen LogP contribution in [0, 0.1) is 0 Å². The van der Waals surface area contributed by atoms with Gasteiger partial charge in [0.15, 0.2) is 0 Å². The minimum atomic E-state index is -0.135. The Labute approximate surface area is 40.8 Å². The van der Waals surface area contributed by atoms with E-state index in [-0.39, 0.29) is 12.1 Å². The summed E-state index contributed by atoms with van der Waals surface area (Å²) < 4.78 is 0. The van der Waals surface area contributed by atoms with Crippen LogP contribution >= 0.6 is 0 Å². The van der Waals surface area contributed by atoms with Gasteiger partial charge >= 0.3 is 0 Å². The summed E-state index contributed by atoms with van der Waals surface area (Å²) in [6.45, 7) is 0. The lowest BCUT2D eigenvalue weighted by Gasteiger charge is -1.76. The Morgan fingerprint density at radius 1 is 1.57 bits per heavy atom. The van der Waals surface area contributed by atoms with Gasteiger partial charge < -0.3 is 5.73 Å². The van der Waals surface area contributed by atoms with Crippen molar-refractivity contribution in [2.75, 3.05) is 0 Å². The molecular weight excluding hydrogens is 94.0 g/mol. The SMILES string of the molecule is NC(=C=O)C[C]=O. The van der Waals surface area contributed by atoms with E-state index in [0.717, 1.165) is 0 Å². The fourth-order valence-corrected chi connectivity index (χ4v) is 0.114. The van der Waals surface area contributed by atoms with E-state index in [9.17, 15) is 9.59 Å². The van der Waals surface area contributed by atoms with Crippen molar-refractivity contribution >= 4 is 12.2 Å². The first-order valence-electron chi connectivity index (χ1n) is 1.65. The fraction of sp³-hybridized carbons (Fsp3) is 0.250. The van der Waals surface area contributed by atoms with Gasteiger partial charge in [-0.2, -0.15) is 0 Å². The van der Waals surface area contributed by atoms with Crippen LogP contribution in [0.5, 0.6) is 0 Å². The summed E-state index contributed by atoms with van der Waals surface area (Å²) in [5.74, 6) is 1.35. The summed E-state index contributed by atoms with van der Waals surface area (Å²) in [6.07, 6.45) is 1.31. The second-order valence-electron chi connectivity index (χ2n) is 0.948. The molecule has 0 aromatic heterocycles. The lowest BCUT2D eigenvalue weighted by Crippen LogP contribution is -1.96. The lowest BCUT2D eigenvalue weighted by molar-refractivity contribution is 0.552. The van der Waals surface area contributed by atoms with E-state index in [0.29, 0.717) is 0 Å². The summed E-state index contributed by atoms with van der Waals surface area (Å²) in [7, 11) is 0. The van der Waals surface area contributed by atoms with Gasteiger partial charge in [0.2, 0.25) is 6.29 Å². The highest BCUT2D eigenvalue weighted by atomic mass is 16.1. The average molecular weight is 98.1 g/mol. The first kappa shape index (κ1) is 5.92. The van der Waals surface area contributed by atoms with Crippen molar-refractivity contribution in [2.24, 2.45) is 5.73 Å². The van der Waals surface area contributed by atoms with Crippen molar-refractivity contribution in [3.8, 4) is 0 Å². The van der Waals surface area contributed by atoms with Crippen LogP contribution in [0.3, 0.4) is 0 Å². The zero-order valence-corrected chi connectivity index (χ0v) is 3.60. The van der Waals surface area contributed by atoms with Crippen LogP contribution in [0.25, 0.3) is 0 Å². The van der Waals surface area contributed by atoms with E-state index in [1.807, 2.05) is 0 Å². The van der Waals surface area contributed by atoms with E-state index < -0.39 is 0 Å². The maximum Gasteiger partial charge on any atom is 0.205 e. The number of nitrogens with two attached hydrogens (primary N) is 1. The molecule has 1 radical (unpaired) electrons. The van der Waals surface area contributed by atoms with Crippen LogP contribution in [0.1, 0.15) is 6.42 Å². The molecule has 0 aromatic carbocycles. The Morgan fingerprint density at radius 3 is 2.29 bits per heavy atom. The van der Waals surface area contributed by atoms with E-state index in [2.05, 4.69) is 0 Å². The van der Waals surface area contributed by atoms with Crippen molar-refractivity contribution in [3.05, 3.63) is 5.70 Å². The quantitative estimate of drug-likeness (QED) is 0.458. The number of allylic oxidation sites excluding steroid dienone is 1. The summed E-state index contributed by atoms with van der Waals surface area (Å²) >= 11 is 0. The number of carbonyl (C=O) groups excluding carboxylic acids is 2. The Kier molecular flexibility index (Phi) is 2.64. The van der Waals surface area contributed by atoms with Crippen molar-refractivity contribution in [1.29, 1.82) is 0 Å². The molecule has 0 spiro atoms. The molecule has 0 atom stereocenters. The third-order valence-electron chi connectivity index (χ3n) is 0.394. The average Bonchev–Trinajstić information content (AvgIpc) is 1.68. The van der Waals surface area contributed by atoms with Gasteiger partial charge in [-0.15, -0.1) is 0 Å². The Balaban J connectivity index is 3.58. The summed E-state index contributed by atoms with van der Waals surface area (Å²) in [4.78, 5) is 18.8. The number of hydrogen-bond acceptors (Lipinski definition) is 3. The van der Waals surface area contributed by atoms with Gasteiger partial charge in [-0.1, -0.05) is 0 Å². The zero-order chi connectivity index (χ0) is 5.70. The smallest absolute Gasteiger partial charge is 0.205 e. The van der Waals surface area contributed by atoms with Crippen molar-refractivity contribution < 1.29 is 9.59 Å². The van der Waals surface area contributed by atoms with E-state index in [1.165, 1.54) is 12.2 Å². The molecule has 0 bridgehead atoms. The molecule has 0 saturated heterocycles. The first-order valence-corrected chi connectivity index (χ1v) is 1.65. The van der Waals surface area contributed by atoms with Crippen LogP contribution in [-0.4, -0.2) is 12.2 Å². The van der Waals surface area contributed by atoms with E-state index >= 15 is 0 Å². The van der Waals surface area contributed by atoms with Crippen LogP contribution in [0.15, 0.2) is 5.70 Å². The third-order valence-corrected chi connectivity index (χ3v) is 0.394. The highest BCUT2D eigenvalue weighted by molar-refractivity contribution is 5.63. The van der Waals surface area contributed by atoms with Gasteiger partial charge in [-0.05, 0) is 0 Å². The highest BCUT2D eigenvalue weighted by Gasteiger charge is 1.84. The minimum Gasteiger partial charge on any atom is -0.393 e. The van der Waals surface area contributed by atoms with E-state index in [1.54, 1.807) is 0 Å². The molecule has 0 fully saturated rings. The first-order chi connectivity index (χ1) is 3.31. The highest BCUT2D eigenvalue weighted by Crippen LogP contribution is 1.76. The Hall–Kier alpha value is -1.08. The number of rotatable bonds is 2. The monoisotopic (exact) mass is 98.0 g/mol. The normalized spacial score (nSPS) is 6.86. The third kappa shape index (κ3) is 2.73. The van der Waals surface area contributed by atoms with Gasteiger partial charge in [-0.3, -0.25) is 4.79 Å². The molecule has 0 heterocycles. The fourth-order valence-electron chi connectivity index (χ4n) is 0.114. The molecule has 3 heteroatoms. The molecule has 0 aliphatic carbocycles. The molecule has 0 aliphatic heterocycles.